The number of carbonyl (C=O) groups excluding carboxylic acids is 2. The molecule has 14 rings (SSSR count). The summed E-state index contributed by atoms with van der Waals surface area (Å²) in [6.45, 7) is 0. The summed E-state index contributed by atoms with van der Waals surface area (Å²) in [5, 5.41) is 52.4. The third kappa shape index (κ3) is 15.2. The van der Waals surface area contributed by atoms with Gasteiger partial charge in [-0.1, -0.05) is 0 Å². The second-order valence-corrected chi connectivity index (χ2v) is 21.0. The highest BCUT2D eigenvalue weighted by Crippen LogP contribution is 2.64. The van der Waals surface area contributed by atoms with Crippen LogP contribution in [0.15, 0.2) is 134 Å². The average molecular weight is 1310 g/mol. The molecule has 26 nitrogen and oxygen atoms in total. The van der Waals surface area contributed by atoms with Gasteiger partial charge >= 0.3 is 48.2 Å². The molecule has 0 spiro atoms. The van der Waals surface area contributed by atoms with E-state index in [1.165, 1.54) is 12.1 Å². The molecular weight excluding hydrogens is 1260 g/mol. The number of rotatable bonds is 12. The van der Waals surface area contributed by atoms with Gasteiger partial charge < -0.3 is 70.2 Å². The minimum atomic E-state index is -4.41. The van der Waals surface area contributed by atoms with Crippen molar-refractivity contribution in [1.82, 2.24) is 29.9 Å². The topological polar surface area (TPSA) is 402 Å². The molecule has 4 aromatic carbocycles. The number of carboxylic acid groups (broad SMARTS) is 6. The van der Waals surface area contributed by atoms with Gasteiger partial charge in [0.25, 0.3) is 0 Å². The monoisotopic (exact) mass is 1300 g/mol. The van der Waals surface area contributed by atoms with Gasteiger partial charge in [-0.15, -0.1) is 0 Å². The highest BCUT2D eigenvalue weighted by molar-refractivity contribution is 5.94. The quantitative estimate of drug-likeness (QED) is 0.0401. The predicted molar refractivity (Wildman–Crippen MR) is 311 cm³/mol. The lowest BCUT2D eigenvalue weighted by Crippen LogP contribution is -2.20. The largest absolute Gasteiger partial charge is 0.489 e. The first-order valence-electron chi connectivity index (χ1n) is 27.7. The molecule has 4 aromatic heterocycles. The molecule has 94 heavy (non-hydrogen) atoms. The fourth-order valence-corrected chi connectivity index (χ4v) is 10.6. The normalized spacial score (nSPS) is 18.9. The second kappa shape index (κ2) is 26.4. The Hall–Kier alpha value is -12.1. The second-order valence-electron chi connectivity index (χ2n) is 21.0. The first-order valence-corrected chi connectivity index (χ1v) is 27.7. The number of ether oxygens (including phenoxy) is 4. The molecular formula is C62H46F6N8O18. The molecule has 8 aromatic rings. The predicted octanol–water partition coefficient (Wildman–Crippen LogP) is 9.73. The van der Waals surface area contributed by atoms with E-state index in [0.717, 1.165) is 58.0 Å². The lowest BCUT2D eigenvalue weighted by molar-refractivity contribution is -0.138. The number of nitrogens with zero attached hydrogens (tertiary/aromatic N) is 4. The number of H-pyrrole nitrogens is 2. The number of benzene rings is 4. The standard InChI is InChI=1S/2C25H17F3N4O3.3C4H4O4/c2*26-25(27,28)11-1-4-15-16(9-11)31-24(30-15)21-20-14-10-12(2-5-17(14)35-22(20)21)34-18-7-8-29-23-13(18)3-6-19(33)32-23;3*5-3(6)1-2-4(7)8/h2*1-2,4-5,7-10,20-22H,3,6H2,(H,30,31)(H,29,32,33);3*1-2H,(H,5,6)(H,7,8)/b;;3*2-1-/t2*20-,21-,22-;;;/m00.../s1. The minimum Gasteiger partial charge on any atom is -0.489 e. The number of amides is 2. The van der Waals surface area contributed by atoms with Crippen LogP contribution in [0.3, 0.4) is 0 Å². The van der Waals surface area contributed by atoms with Gasteiger partial charge in [-0.2, -0.15) is 26.3 Å². The number of alkyl halides is 6. The van der Waals surface area contributed by atoms with E-state index in [2.05, 4.69) is 40.5 Å². The smallest absolute Gasteiger partial charge is 0.416 e. The van der Waals surface area contributed by atoms with Gasteiger partial charge in [0.05, 0.1) is 45.0 Å². The van der Waals surface area contributed by atoms with E-state index in [0.29, 0.717) is 130 Å². The number of nitrogens with one attached hydrogen (secondary N) is 4. The molecule has 32 heteroatoms. The Balaban J connectivity index is 0.000000153. The van der Waals surface area contributed by atoms with E-state index in [9.17, 15) is 64.7 Å². The summed E-state index contributed by atoms with van der Waals surface area (Å²) in [7, 11) is 0. The fraction of sp³-hybridized carbons (Fsp3) is 0.194. The Kier molecular flexibility index (Phi) is 18.2. The van der Waals surface area contributed by atoms with E-state index in [1.807, 2.05) is 36.4 Å². The Morgan fingerprint density at radius 2 is 0.819 bits per heavy atom. The molecule has 2 saturated carbocycles. The molecule has 0 radical (unpaired) electrons. The number of hydrogen-bond acceptors (Lipinski definition) is 16. The first kappa shape index (κ1) is 64.9. The third-order valence-electron chi connectivity index (χ3n) is 14.7. The highest BCUT2D eigenvalue weighted by atomic mass is 19.4. The van der Waals surface area contributed by atoms with Crippen LogP contribution in [0.1, 0.15) is 81.5 Å². The summed E-state index contributed by atoms with van der Waals surface area (Å²) < 4.78 is 103. The maximum atomic E-state index is 13.1. The number of aliphatic carboxylic acids is 6. The van der Waals surface area contributed by atoms with E-state index in [1.54, 1.807) is 24.5 Å². The molecule has 8 heterocycles. The van der Waals surface area contributed by atoms with Crippen LogP contribution < -0.4 is 29.6 Å². The zero-order valence-electron chi connectivity index (χ0n) is 47.6. The maximum Gasteiger partial charge on any atom is 0.416 e. The number of aromatic nitrogens is 6. The van der Waals surface area contributed by atoms with Gasteiger partial charge in [-0.05, 0) is 97.8 Å². The number of fused-ring (bicyclic) bond motifs is 10. The van der Waals surface area contributed by atoms with Crippen molar-refractivity contribution in [3.05, 3.63) is 179 Å². The molecule has 6 aliphatic rings. The Labute approximate surface area is 521 Å². The first-order chi connectivity index (χ1) is 44.6. The number of aromatic amines is 2. The third-order valence-corrected chi connectivity index (χ3v) is 14.7. The fourth-order valence-electron chi connectivity index (χ4n) is 10.6. The van der Waals surface area contributed by atoms with E-state index >= 15 is 0 Å². The van der Waals surface area contributed by atoms with Crippen LogP contribution in [-0.4, -0.2) is 120 Å². The van der Waals surface area contributed by atoms with Gasteiger partial charge in [0, 0.05) is 95.8 Å². The number of imidazole rings is 2. The van der Waals surface area contributed by atoms with Crippen molar-refractivity contribution in [3.63, 3.8) is 0 Å². The van der Waals surface area contributed by atoms with E-state index < -0.39 is 59.3 Å². The number of carbonyl (C=O) groups is 8. The number of hydrogen-bond donors (Lipinski definition) is 10. The van der Waals surface area contributed by atoms with Crippen LogP contribution in [0, 0.1) is 0 Å². The Bertz CT molecular complexity index is 4130. The molecule has 4 aliphatic heterocycles. The molecule has 2 amide bonds. The Morgan fingerprint density at radius 1 is 0.468 bits per heavy atom. The summed E-state index contributed by atoms with van der Waals surface area (Å²) in [4.78, 5) is 104. The molecule has 2 fully saturated rings. The lowest BCUT2D eigenvalue weighted by atomic mass is 10.1. The summed E-state index contributed by atoms with van der Waals surface area (Å²) in [6, 6.07) is 21.8. The van der Waals surface area contributed by atoms with Crippen molar-refractivity contribution >= 4 is 81.3 Å². The van der Waals surface area contributed by atoms with Crippen LogP contribution in [-0.2, 0) is 63.6 Å². The SMILES string of the molecule is O=C(O)/C=C\C(=O)O.O=C(O)/C=C\C(=O)O.O=C(O)/C=C\C(=O)O.O=C1CCc2c(Oc3ccc4c(c3)[C@@H]3[C@H](O4)[C@H]3c3nc4ccc(C(F)(F)F)cc4[nH]3)ccnc2N1.O=C1CCc2c(Oc3ccc4c(c3)[C@@H]3[C@H](O4)[C@H]3c3nc4ccc(C(F)(F)F)cc4[nH]3)ccnc2N1. The van der Waals surface area contributed by atoms with Gasteiger partial charge in [-0.3, -0.25) is 9.59 Å². The van der Waals surface area contributed by atoms with Crippen molar-refractivity contribution in [2.24, 2.45) is 0 Å². The van der Waals surface area contributed by atoms with Crippen molar-refractivity contribution in [2.45, 2.75) is 73.9 Å². The van der Waals surface area contributed by atoms with Crippen LogP contribution >= 0.6 is 0 Å². The number of anilines is 2. The summed E-state index contributed by atoms with van der Waals surface area (Å²) in [5.41, 5.74) is 3.93. The van der Waals surface area contributed by atoms with Crippen molar-refractivity contribution in [3.8, 4) is 34.5 Å². The lowest BCUT2D eigenvalue weighted by Gasteiger charge is -2.19. The average Bonchev–Trinajstić information content (AvgIpc) is 1.55. The van der Waals surface area contributed by atoms with E-state index in [4.69, 9.17) is 49.6 Å². The van der Waals surface area contributed by atoms with Gasteiger partial charge in [0.2, 0.25) is 11.8 Å². The van der Waals surface area contributed by atoms with Crippen molar-refractivity contribution < 1.29 is 114 Å². The van der Waals surface area contributed by atoms with Crippen LogP contribution in [0.25, 0.3) is 22.1 Å². The summed E-state index contributed by atoms with van der Waals surface area (Å²) in [6.07, 6.45) is -0.675. The summed E-state index contributed by atoms with van der Waals surface area (Å²) in [5.74, 6) is -1.40. The molecule has 10 N–H and O–H groups in total. The molecule has 0 unspecified atom stereocenters. The van der Waals surface area contributed by atoms with Crippen LogP contribution in [0.2, 0.25) is 0 Å². The molecule has 2 aliphatic carbocycles. The highest BCUT2D eigenvalue weighted by Gasteiger charge is 2.62. The van der Waals surface area contributed by atoms with Crippen LogP contribution in [0.5, 0.6) is 34.5 Å². The number of halogens is 6. The van der Waals surface area contributed by atoms with Gasteiger partial charge in [0.15, 0.2) is 0 Å². The van der Waals surface area contributed by atoms with Gasteiger partial charge in [0.1, 0.15) is 70.0 Å². The van der Waals surface area contributed by atoms with Gasteiger partial charge in [-0.25, -0.2) is 48.7 Å². The Morgan fingerprint density at radius 3 is 1.15 bits per heavy atom. The minimum absolute atomic E-state index is 0.0434. The zero-order chi connectivity index (χ0) is 67.5. The molecule has 0 bridgehead atoms. The van der Waals surface area contributed by atoms with Crippen LogP contribution in [0.4, 0.5) is 38.0 Å². The molecule has 6 atom stereocenters. The number of carboxylic acids is 6. The zero-order valence-corrected chi connectivity index (χ0v) is 47.6. The number of pyridine rings is 2. The van der Waals surface area contributed by atoms with E-state index in [-0.39, 0.29) is 47.7 Å². The molecule has 484 valence electrons. The van der Waals surface area contributed by atoms with Crippen molar-refractivity contribution in [1.29, 1.82) is 0 Å². The maximum absolute atomic E-state index is 13.1. The molecule has 0 saturated heterocycles. The van der Waals surface area contributed by atoms with Crippen molar-refractivity contribution in [2.75, 3.05) is 10.6 Å². The summed E-state index contributed by atoms with van der Waals surface area (Å²) >= 11 is 0.